The molecule has 0 aliphatic carbocycles. The molecule has 5 nitrogen and oxygen atoms in total. The van der Waals surface area contributed by atoms with Gasteiger partial charge in [0.05, 0.1) is 13.7 Å². The number of hydrogen-bond donors (Lipinski definition) is 1. The molecule has 0 atom stereocenters. The van der Waals surface area contributed by atoms with Crippen molar-refractivity contribution in [2.24, 2.45) is 0 Å². The molecule has 0 unspecified atom stereocenters. The molecule has 0 radical (unpaired) electrons. The summed E-state index contributed by atoms with van der Waals surface area (Å²) in [5.74, 6) is -0.781. The van der Waals surface area contributed by atoms with E-state index < -0.39 is 11.9 Å². The Kier molecular flexibility index (Phi) is 5.85. The first-order chi connectivity index (χ1) is 9.08. The molecule has 0 fully saturated rings. The van der Waals surface area contributed by atoms with Crippen LogP contribution >= 0.6 is 0 Å². The van der Waals surface area contributed by atoms with Crippen LogP contribution in [0, 0.1) is 6.92 Å². The van der Waals surface area contributed by atoms with E-state index in [-0.39, 0.29) is 6.61 Å². The van der Waals surface area contributed by atoms with Crippen LogP contribution in [0.25, 0.3) is 0 Å². The molecule has 0 aliphatic heterocycles. The number of nitrogens with one attached hydrogen (secondary N) is 1. The minimum atomic E-state index is -0.849. The standard InChI is InChI=1S/C14H19NO4/c1-4-19-14(17)13(16)15-8-7-11-6-5-10(2)9-12(11)18-3/h5-6,9H,4,7-8H2,1-3H3,(H,15,16). The van der Waals surface area contributed by atoms with Crippen molar-refractivity contribution >= 4 is 11.9 Å². The van der Waals surface area contributed by atoms with Crippen LogP contribution < -0.4 is 10.1 Å². The molecule has 0 spiro atoms. The summed E-state index contributed by atoms with van der Waals surface area (Å²) in [7, 11) is 1.61. The van der Waals surface area contributed by atoms with Gasteiger partial charge in [-0.1, -0.05) is 12.1 Å². The van der Waals surface area contributed by atoms with E-state index in [1.165, 1.54) is 0 Å². The predicted octanol–water partition coefficient (Wildman–Crippen LogP) is 1.23. The van der Waals surface area contributed by atoms with E-state index in [0.29, 0.717) is 13.0 Å². The summed E-state index contributed by atoms with van der Waals surface area (Å²) < 4.78 is 9.86. The van der Waals surface area contributed by atoms with Gasteiger partial charge >= 0.3 is 11.9 Å². The fourth-order valence-electron chi connectivity index (χ4n) is 1.64. The van der Waals surface area contributed by atoms with Crippen LogP contribution in [0.5, 0.6) is 5.75 Å². The number of benzene rings is 1. The first-order valence-corrected chi connectivity index (χ1v) is 6.17. The van der Waals surface area contributed by atoms with Gasteiger partial charge in [-0.2, -0.15) is 0 Å². The Bertz CT molecular complexity index is 457. The summed E-state index contributed by atoms with van der Waals surface area (Å²) in [5.41, 5.74) is 2.09. The molecular weight excluding hydrogens is 246 g/mol. The van der Waals surface area contributed by atoms with Gasteiger partial charge in [-0.15, -0.1) is 0 Å². The largest absolute Gasteiger partial charge is 0.496 e. The lowest BCUT2D eigenvalue weighted by Gasteiger charge is -2.10. The average Bonchev–Trinajstić information content (AvgIpc) is 2.40. The van der Waals surface area contributed by atoms with E-state index >= 15 is 0 Å². The highest BCUT2D eigenvalue weighted by Gasteiger charge is 2.13. The Balaban J connectivity index is 2.49. The maximum absolute atomic E-state index is 11.3. The van der Waals surface area contributed by atoms with Crippen molar-refractivity contribution in [3.63, 3.8) is 0 Å². The maximum atomic E-state index is 11.3. The van der Waals surface area contributed by atoms with Crippen LogP contribution in [0.1, 0.15) is 18.1 Å². The summed E-state index contributed by atoms with van der Waals surface area (Å²) in [4.78, 5) is 22.4. The van der Waals surface area contributed by atoms with Gasteiger partial charge < -0.3 is 14.8 Å². The van der Waals surface area contributed by atoms with Gasteiger partial charge in [-0.3, -0.25) is 4.79 Å². The van der Waals surface area contributed by atoms with Crippen molar-refractivity contribution in [1.82, 2.24) is 5.32 Å². The van der Waals surface area contributed by atoms with E-state index in [2.05, 4.69) is 10.1 Å². The molecule has 1 aromatic carbocycles. The zero-order chi connectivity index (χ0) is 14.3. The fourth-order valence-corrected chi connectivity index (χ4v) is 1.64. The van der Waals surface area contributed by atoms with E-state index in [1.807, 2.05) is 25.1 Å². The Morgan fingerprint density at radius 3 is 2.68 bits per heavy atom. The van der Waals surface area contributed by atoms with Crippen molar-refractivity contribution in [1.29, 1.82) is 0 Å². The fraction of sp³-hybridized carbons (Fsp3) is 0.429. The van der Waals surface area contributed by atoms with Crippen LogP contribution in [0.4, 0.5) is 0 Å². The number of esters is 1. The smallest absolute Gasteiger partial charge is 0.396 e. The monoisotopic (exact) mass is 265 g/mol. The van der Waals surface area contributed by atoms with Crippen molar-refractivity contribution in [2.75, 3.05) is 20.3 Å². The second-order valence-corrected chi connectivity index (χ2v) is 4.04. The Labute approximate surface area is 112 Å². The number of rotatable bonds is 5. The number of amides is 1. The minimum absolute atomic E-state index is 0.192. The second-order valence-electron chi connectivity index (χ2n) is 4.04. The highest BCUT2D eigenvalue weighted by atomic mass is 16.5. The van der Waals surface area contributed by atoms with E-state index in [9.17, 15) is 9.59 Å². The van der Waals surface area contributed by atoms with Gasteiger partial charge in [-0.05, 0) is 37.5 Å². The first kappa shape index (κ1) is 15.0. The molecule has 19 heavy (non-hydrogen) atoms. The quantitative estimate of drug-likeness (QED) is 0.642. The maximum Gasteiger partial charge on any atom is 0.396 e. The van der Waals surface area contributed by atoms with Crippen molar-refractivity contribution in [3.8, 4) is 5.75 Å². The summed E-state index contributed by atoms with van der Waals surface area (Å²) in [5, 5.41) is 2.51. The summed E-state index contributed by atoms with van der Waals surface area (Å²) in [6, 6.07) is 5.86. The van der Waals surface area contributed by atoms with Crippen LogP contribution in [0.2, 0.25) is 0 Å². The van der Waals surface area contributed by atoms with Crippen LogP contribution in [0.15, 0.2) is 18.2 Å². The van der Waals surface area contributed by atoms with Crippen LogP contribution in [0.3, 0.4) is 0 Å². The van der Waals surface area contributed by atoms with Gasteiger partial charge in [-0.25, -0.2) is 4.79 Å². The molecule has 1 aromatic rings. The number of carbonyl (C=O) groups excluding carboxylic acids is 2. The first-order valence-electron chi connectivity index (χ1n) is 6.17. The normalized spacial score (nSPS) is 9.84. The Hall–Kier alpha value is -2.04. The summed E-state index contributed by atoms with van der Waals surface area (Å²) in [6.07, 6.45) is 0.592. The number of ether oxygens (including phenoxy) is 2. The molecular formula is C14H19NO4. The zero-order valence-corrected chi connectivity index (χ0v) is 11.5. The highest BCUT2D eigenvalue weighted by Crippen LogP contribution is 2.19. The van der Waals surface area contributed by atoms with Crippen molar-refractivity contribution in [3.05, 3.63) is 29.3 Å². The number of aryl methyl sites for hydroxylation is 1. The molecule has 0 saturated carbocycles. The van der Waals surface area contributed by atoms with Gasteiger partial charge in [0.1, 0.15) is 5.75 Å². The van der Waals surface area contributed by atoms with Gasteiger partial charge in [0, 0.05) is 6.54 Å². The highest BCUT2D eigenvalue weighted by molar-refractivity contribution is 6.32. The zero-order valence-electron chi connectivity index (χ0n) is 11.5. The van der Waals surface area contributed by atoms with Gasteiger partial charge in [0.25, 0.3) is 0 Å². The molecule has 0 heterocycles. The molecule has 1 rings (SSSR count). The van der Waals surface area contributed by atoms with Crippen molar-refractivity contribution in [2.45, 2.75) is 20.3 Å². The van der Waals surface area contributed by atoms with Crippen molar-refractivity contribution < 1.29 is 19.1 Å². The third kappa shape index (κ3) is 4.62. The molecule has 1 amide bonds. The minimum Gasteiger partial charge on any atom is -0.496 e. The lowest BCUT2D eigenvalue weighted by Crippen LogP contribution is -2.33. The van der Waals surface area contributed by atoms with Crippen LogP contribution in [-0.4, -0.2) is 32.1 Å². The molecule has 104 valence electrons. The molecule has 0 saturated heterocycles. The van der Waals surface area contributed by atoms with E-state index in [4.69, 9.17) is 4.74 Å². The second kappa shape index (κ2) is 7.41. The number of carbonyl (C=O) groups is 2. The molecule has 5 heteroatoms. The molecule has 1 N–H and O–H groups in total. The Morgan fingerprint density at radius 1 is 1.32 bits per heavy atom. The third-order valence-corrected chi connectivity index (χ3v) is 2.58. The van der Waals surface area contributed by atoms with Gasteiger partial charge in [0.15, 0.2) is 0 Å². The average molecular weight is 265 g/mol. The lowest BCUT2D eigenvalue weighted by atomic mass is 10.1. The Morgan fingerprint density at radius 2 is 2.05 bits per heavy atom. The van der Waals surface area contributed by atoms with Gasteiger partial charge in [0.2, 0.25) is 0 Å². The third-order valence-electron chi connectivity index (χ3n) is 2.58. The lowest BCUT2D eigenvalue weighted by molar-refractivity contribution is -0.154. The molecule has 0 aromatic heterocycles. The predicted molar refractivity (Wildman–Crippen MR) is 71.1 cm³/mol. The number of methoxy groups -OCH3 is 1. The topological polar surface area (TPSA) is 64.6 Å². The molecule has 0 aliphatic rings. The van der Waals surface area contributed by atoms with E-state index in [1.54, 1.807) is 14.0 Å². The SMILES string of the molecule is CCOC(=O)C(=O)NCCc1ccc(C)cc1OC. The summed E-state index contributed by atoms with van der Waals surface area (Å²) in [6.45, 7) is 4.19. The summed E-state index contributed by atoms with van der Waals surface area (Å²) >= 11 is 0. The number of hydrogen-bond acceptors (Lipinski definition) is 4. The van der Waals surface area contributed by atoms with E-state index in [0.717, 1.165) is 16.9 Å². The van der Waals surface area contributed by atoms with Crippen LogP contribution in [-0.2, 0) is 20.7 Å². The molecule has 0 bridgehead atoms.